The van der Waals surface area contributed by atoms with Crippen molar-refractivity contribution in [1.82, 2.24) is 9.97 Å². The van der Waals surface area contributed by atoms with Crippen molar-refractivity contribution in [1.29, 1.82) is 0 Å². The maximum atomic E-state index is 10.9. The van der Waals surface area contributed by atoms with Crippen LogP contribution >= 0.6 is 0 Å². The molecule has 0 atom stereocenters. The molecule has 0 amide bonds. The maximum Gasteiger partial charge on any atom is 0.344 e. The molecule has 3 nitrogen and oxygen atoms in total. The number of hydrogen-bond donors (Lipinski definition) is 1. The van der Waals surface area contributed by atoms with E-state index in [4.69, 9.17) is 0 Å². The highest BCUT2D eigenvalue weighted by atomic mass is 16.1. The fourth-order valence-corrected chi connectivity index (χ4v) is 2.11. The zero-order valence-electron chi connectivity index (χ0n) is 9.66. The van der Waals surface area contributed by atoms with Crippen molar-refractivity contribution in [2.24, 2.45) is 0 Å². The molecule has 1 N–H and O–H groups in total. The Kier molecular flexibility index (Phi) is 2.60. The third-order valence-electron chi connectivity index (χ3n) is 2.64. The average Bonchev–Trinajstić information content (AvgIpc) is 2.19. The van der Waals surface area contributed by atoms with E-state index < -0.39 is 0 Å². The molecule has 16 heavy (non-hydrogen) atoms. The molecule has 0 aliphatic carbocycles. The lowest BCUT2D eigenvalue weighted by Crippen LogP contribution is -2.08. The molecule has 2 rings (SSSR count). The van der Waals surface area contributed by atoms with Crippen LogP contribution in [0.4, 0.5) is 0 Å². The van der Waals surface area contributed by atoms with E-state index in [9.17, 15) is 4.79 Å². The van der Waals surface area contributed by atoms with Gasteiger partial charge in [0, 0.05) is 18.0 Å². The Morgan fingerprint density at radius 1 is 1.12 bits per heavy atom. The summed E-state index contributed by atoms with van der Waals surface area (Å²) in [5.74, 6) is 0. The van der Waals surface area contributed by atoms with E-state index >= 15 is 0 Å². The predicted octanol–water partition coefficient (Wildman–Crippen LogP) is 2.36. The summed E-state index contributed by atoms with van der Waals surface area (Å²) < 4.78 is 0. The summed E-state index contributed by atoms with van der Waals surface area (Å²) in [6, 6.07) is 4.26. The number of aromatic amines is 1. The summed E-state index contributed by atoms with van der Waals surface area (Å²) in [4.78, 5) is 17.3. The molecule has 1 aromatic carbocycles. The Morgan fingerprint density at radius 3 is 2.25 bits per heavy atom. The van der Waals surface area contributed by atoms with Gasteiger partial charge in [0.2, 0.25) is 0 Å². The second kappa shape index (κ2) is 3.93. The molecule has 1 heterocycles. The first kappa shape index (κ1) is 10.6. The normalized spacial score (nSPS) is 10.4. The largest absolute Gasteiger partial charge is 0.344 e. The van der Waals surface area contributed by atoms with E-state index in [-0.39, 0.29) is 5.69 Å². The van der Waals surface area contributed by atoms with Crippen molar-refractivity contribution in [3.63, 3.8) is 0 Å². The molecule has 0 fully saturated rings. The van der Waals surface area contributed by atoms with Gasteiger partial charge < -0.3 is 4.98 Å². The van der Waals surface area contributed by atoms with Crippen LogP contribution in [0.15, 0.2) is 29.3 Å². The monoisotopic (exact) mass is 214 g/mol. The van der Waals surface area contributed by atoms with Crippen LogP contribution in [-0.2, 0) is 0 Å². The van der Waals surface area contributed by atoms with Crippen molar-refractivity contribution in [3.05, 3.63) is 51.7 Å². The third-order valence-corrected chi connectivity index (χ3v) is 2.64. The second-order valence-electron chi connectivity index (χ2n) is 4.08. The summed E-state index contributed by atoms with van der Waals surface area (Å²) >= 11 is 0. The number of aromatic nitrogens is 2. The van der Waals surface area contributed by atoms with Gasteiger partial charge in [0.15, 0.2) is 0 Å². The van der Waals surface area contributed by atoms with Crippen molar-refractivity contribution < 1.29 is 0 Å². The summed E-state index contributed by atoms with van der Waals surface area (Å²) in [6.07, 6.45) is 3.32. The van der Waals surface area contributed by atoms with Gasteiger partial charge in [-0.25, -0.2) is 9.78 Å². The summed E-state index contributed by atoms with van der Waals surface area (Å²) in [6.45, 7) is 6.22. The van der Waals surface area contributed by atoms with Crippen molar-refractivity contribution in [2.45, 2.75) is 20.8 Å². The predicted molar refractivity (Wildman–Crippen MR) is 64.5 cm³/mol. The van der Waals surface area contributed by atoms with Crippen LogP contribution in [0.5, 0.6) is 0 Å². The lowest BCUT2D eigenvalue weighted by molar-refractivity contribution is 1.07. The fraction of sp³-hybridized carbons (Fsp3) is 0.231. The van der Waals surface area contributed by atoms with E-state index in [0.29, 0.717) is 0 Å². The summed E-state index contributed by atoms with van der Waals surface area (Å²) in [5, 5.41) is 0. The lowest BCUT2D eigenvalue weighted by Gasteiger charge is -2.10. The van der Waals surface area contributed by atoms with Crippen LogP contribution in [0.1, 0.15) is 16.7 Å². The molecule has 0 saturated heterocycles. The first-order valence-corrected chi connectivity index (χ1v) is 5.21. The molecular formula is C13H14N2O. The molecule has 0 unspecified atom stereocenters. The number of nitrogens with zero attached hydrogens (tertiary/aromatic N) is 1. The molecule has 0 aliphatic rings. The van der Waals surface area contributed by atoms with Gasteiger partial charge in [0.05, 0.1) is 0 Å². The highest BCUT2D eigenvalue weighted by molar-refractivity contribution is 5.69. The number of rotatable bonds is 1. The van der Waals surface area contributed by atoms with Crippen molar-refractivity contribution in [2.75, 3.05) is 0 Å². The van der Waals surface area contributed by atoms with Gasteiger partial charge in [-0.15, -0.1) is 0 Å². The van der Waals surface area contributed by atoms with Crippen LogP contribution < -0.4 is 5.69 Å². The standard InChI is InChI=1S/C13H14N2O/c1-8-4-9(2)12(10(3)5-8)11-6-14-13(16)15-7-11/h4-7H,1-3H3,(H,14,15,16). The molecule has 0 radical (unpaired) electrons. The molecule has 0 spiro atoms. The Hall–Kier alpha value is -1.90. The minimum absolute atomic E-state index is 0.314. The van der Waals surface area contributed by atoms with Gasteiger partial charge in [-0.05, 0) is 37.5 Å². The summed E-state index contributed by atoms with van der Waals surface area (Å²) in [5.41, 5.74) is 5.43. The highest BCUT2D eigenvalue weighted by Crippen LogP contribution is 2.26. The van der Waals surface area contributed by atoms with Crippen LogP contribution in [0.25, 0.3) is 11.1 Å². The average molecular weight is 214 g/mol. The third kappa shape index (κ3) is 1.89. The van der Waals surface area contributed by atoms with Crippen LogP contribution in [0, 0.1) is 20.8 Å². The zero-order chi connectivity index (χ0) is 11.7. The quantitative estimate of drug-likeness (QED) is 0.792. The van der Waals surface area contributed by atoms with Crippen molar-refractivity contribution in [3.8, 4) is 11.1 Å². The van der Waals surface area contributed by atoms with E-state index in [1.165, 1.54) is 16.7 Å². The minimum Gasteiger partial charge on any atom is -0.312 e. The lowest BCUT2D eigenvalue weighted by atomic mass is 9.96. The zero-order valence-corrected chi connectivity index (χ0v) is 9.66. The van der Waals surface area contributed by atoms with Gasteiger partial charge in [-0.1, -0.05) is 17.7 Å². The van der Waals surface area contributed by atoms with Crippen molar-refractivity contribution >= 4 is 0 Å². The van der Waals surface area contributed by atoms with Crippen LogP contribution in [0.2, 0.25) is 0 Å². The molecule has 82 valence electrons. The number of nitrogens with one attached hydrogen (secondary N) is 1. The van der Waals surface area contributed by atoms with Gasteiger partial charge in [-0.2, -0.15) is 0 Å². The second-order valence-corrected chi connectivity index (χ2v) is 4.08. The molecule has 2 aromatic rings. The molecule has 3 heteroatoms. The SMILES string of the molecule is Cc1cc(C)c(-c2cnc(=O)[nH]c2)c(C)c1. The summed E-state index contributed by atoms with van der Waals surface area (Å²) in [7, 11) is 0. The Labute approximate surface area is 94.2 Å². The van der Waals surface area contributed by atoms with E-state index in [0.717, 1.165) is 11.1 Å². The van der Waals surface area contributed by atoms with E-state index in [1.807, 2.05) is 0 Å². The first-order chi connectivity index (χ1) is 7.58. The Bertz CT molecular complexity index is 541. The number of H-pyrrole nitrogens is 1. The maximum absolute atomic E-state index is 10.9. The van der Waals surface area contributed by atoms with Crippen LogP contribution in [-0.4, -0.2) is 9.97 Å². The number of hydrogen-bond acceptors (Lipinski definition) is 2. The topological polar surface area (TPSA) is 45.8 Å². The molecular weight excluding hydrogens is 200 g/mol. The van der Waals surface area contributed by atoms with Gasteiger partial charge in [0.25, 0.3) is 0 Å². The van der Waals surface area contributed by atoms with E-state index in [1.54, 1.807) is 12.4 Å². The Balaban J connectivity index is 2.64. The number of benzene rings is 1. The minimum atomic E-state index is -0.314. The smallest absolute Gasteiger partial charge is 0.312 e. The molecule has 1 aromatic heterocycles. The highest BCUT2D eigenvalue weighted by Gasteiger charge is 2.06. The van der Waals surface area contributed by atoms with Crippen LogP contribution in [0.3, 0.4) is 0 Å². The molecule has 0 bridgehead atoms. The molecule has 0 saturated carbocycles. The van der Waals surface area contributed by atoms with Gasteiger partial charge >= 0.3 is 5.69 Å². The van der Waals surface area contributed by atoms with Gasteiger partial charge in [0.1, 0.15) is 0 Å². The van der Waals surface area contributed by atoms with Gasteiger partial charge in [-0.3, -0.25) is 0 Å². The first-order valence-electron chi connectivity index (χ1n) is 5.21. The fourth-order valence-electron chi connectivity index (χ4n) is 2.11. The van der Waals surface area contributed by atoms with E-state index in [2.05, 4.69) is 42.9 Å². The molecule has 0 aliphatic heterocycles. The Morgan fingerprint density at radius 2 is 1.75 bits per heavy atom. The number of aryl methyl sites for hydroxylation is 3.